The smallest absolute Gasteiger partial charge is 0.217 e. The molecule has 4 heteroatoms. The van der Waals surface area contributed by atoms with Gasteiger partial charge in [-0.25, -0.2) is 4.98 Å². The van der Waals surface area contributed by atoms with Gasteiger partial charge in [0.2, 0.25) is 5.91 Å². The molecule has 0 radical (unpaired) electrons. The lowest BCUT2D eigenvalue weighted by Gasteiger charge is -2.11. The highest BCUT2D eigenvalue weighted by Gasteiger charge is 2.09. The molecule has 0 saturated carbocycles. The second-order valence-corrected chi connectivity index (χ2v) is 10.1. The summed E-state index contributed by atoms with van der Waals surface area (Å²) in [5, 5.41) is 2.82. The number of hydrogen-bond acceptors (Lipinski definition) is 2. The van der Waals surface area contributed by atoms with Gasteiger partial charge in [0.1, 0.15) is 13.8 Å². The molecule has 0 fully saturated rings. The van der Waals surface area contributed by atoms with E-state index in [2.05, 4.69) is 41.4 Å². The molecule has 0 unspecified atom stereocenters. The molecule has 0 aliphatic rings. The van der Waals surface area contributed by atoms with E-state index in [1.165, 1.54) is 6.92 Å². The molecule has 0 spiro atoms. The van der Waals surface area contributed by atoms with Gasteiger partial charge in [-0.1, -0.05) is 31.6 Å². The first-order chi connectivity index (χ1) is 8.28. The van der Waals surface area contributed by atoms with Gasteiger partial charge in [0, 0.05) is 6.92 Å². The summed E-state index contributed by atoms with van der Waals surface area (Å²) in [4.78, 5) is 15.5. The van der Waals surface area contributed by atoms with Crippen molar-refractivity contribution in [3.63, 3.8) is 0 Å². The fourth-order valence-corrected chi connectivity index (χ4v) is 1.90. The zero-order valence-electron chi connectivity index (χ0n) is 11.7. The van der Waals surface area contributed by atoms with Gasteiger partial charge < -0.3 is 5.32 Å². The zero-order chi connectivity index (χ0) is 13.8. The Morgan fingerprint density at radius 1 is 1.39 bits per heavy atom. The van der Waals surface area contributed by atoms with E-state index < -0.39 is 8.07 Å². The number of rotatable bonds is 2. The number of nitrogens with one attached hydrogen (secondary N) is 1. The van der Waals surface area contributed by atoms with Crippen molar-refractivity contribution in [2.45, 2.75) is 39.5 Å². The molecule has 1 aromatic rings. The van der Waals surface area contributed by atoms with Crippen molar-refractivity contribution in [1.29, 1.82) is 0 Å². The quantitative estimate of drug-likeness (QED) is 0.656. The van der Waals surface area contributed by atoms with E-state index in [9.17, 15) is 4.79 Å². The molecule has 0 aliphatic heterocycles. The zero-order valence-corrected chi connectivity index (χ0v) is 12.7. The standard InChI is InChI=1S/C14H20N2OSi/c1-11(15-12(2)17)14-8-6-7-13(16-14)9-10-18(3,4)5/h6-8,11H,1-5H3,(H,15,17)/t11-/m0/s1. The van der Waals surface area contributed by atoms with E-state index in [1.54, 1.807) is 0 Å². The topological polar surface area (TPSA) is 42.0 Å². The largest absolute Gasteiger partial charge is 0.348 e. The molecule has 0 saturated heterocycles. The van der Waals surface area contributed by atoms with Gasteiger partial charge in [0.15, 0.2) is 0 Å². The second kappa shape index (κ2) is 5.83. The van der Waals surface area contributed by atoms with Gasteiger partial charge in [-0.05, 0) is 19.1 Å². The Kier molecular flexibility index (Phi) is 4.68. The maximum absolute atomic E-state index is 11.0. The summed E-state index contributed by atoms with van der Waals surface area (Å²) < 4.78 is 0. The third kappa shape index (κ3) is 5.15. The van der Waals surface area contributed by atoms with E-state index in [1.807, 2.05) is 25.1 Å². The average Bonchev–Trinajstić information content (AvgIpc) is 2.25. The van der Waals surface area contributed by atoms with Crippen LogP contribution in [0.15, 0.2) is 18.2 Å². The molecule has 0 aromatic carbocycles. The number of carbonyl (C=O) groups excluding carboxylic acids is 1. The first-order valence-corrected chi connectivity index (χ1v) is 9.55. The van der Waals surface area contributed by atoms with Crippen molar-refractivity contribution in [2.24, 2.45) is 0 Å². The van der Waals surface area contributed by atoms with Crippen LogP contribution in [-0.2, 0) is 4.79 Å². The van der Waals surface area contributed by atoms with Crippen LogP contribution in [0.2, 0.25) is 19.6 Å². The molecule has 0 bridgehead atoms. The normalized spacial score (nSPS) is 12.3. The fourth-order valence-electron chi connectivity index (χ4n) is 1.39. The molecular weight excluding hydrogens is 240 g/mol. The summed E-state index contributed by atoms with van der Waals surface area (Å²) in [6, 6.07) is 5.64. The third-order valence-electron chi connectivity index (χ3n) is 2.20. The van der Waals surface area contributed by atoms with Crippen LogP contribution in [0.3, 0.4) is 0 Å². The van der Waals surface area contributed by atoms with Gasteiger partial charge in [0.05, 0.1) is 11.7 Å². The molecule has 1 rings (SSSR count). The minimum atomic E-state index is -1.38. The summed E-state index contributed by atoms with van der Waals surface area (Å²) in [5.74, 6) is 3.07. The Bertz CT molecular complexity index is 494. The number of amides is 1. The van der Waals surface area contributed by atoms with Crippen molar-refractivity contribution in [2.75, 3.05) is 0 Å². The maximum Gasteiger partial charge on any atom is 0.217 e. The number of nitrogens with zero attached hydrogens (tertiary/aromatic N) is 1. The van der Waals surface area contributed by atoms with Gasteiger partial charge in [-0.2, -0.15) is 0 Å². The summed E-state index contributed by atoms with van der Waals surface area (Å²) in [6.07, 6.45) is 0. The predicted octanol–water partition coefficient (Wildman–Crippen LogP) is 2.51. The van der Waals surface area contributed by atoms with Crippen LogP contribution >= 0.6 is 0 Å². The molecule has 1 heterocycles. The van der Waals surface area contributed by atoms with E-state index >= 15 is 0 Å². The van der Waals surface area contributed by atoms with Crippen LogP contribution in [0.1, 0.15) is 31.3 Å². The highest BCUT2D eigenvalue weighted by atomic mass is 28.3. The molecule has 1 atom stereocenters. The lowest BCUT2D eigenvalue weighted by atomic mass is 10.2. The van der Waals surface area contributed by atoms with Crippen LogP contribution in [0.5, 0.6) is 0 Å². The maximum atomic E-state index is 11.0. The van der Waals surface area contributed by atoms with E-state index in [-0.39, 0.29) is 11.9 Å². The molecule has 1 aromatic heterocycles. The first-order valence-electron chi connectivity index (χ1n) is 6.05. The summed E-state index contributed by atoms with van der Waals surface area (Å²) in [7, 11) is -1.38. The Morgan fingerprint density at radius 2 is 2.06 bits per heavy atom. The highest BCUT2D eigenvalue weighted by molar-refractivity contribution is 6.83. The van der Waals surface area contributed by atoms with E-state index in [0.717, 1.165) is 11.4 Å². The molecule has 96 valence electrons. The van der Waals surface area contributed by atoms with Crippen LogP contribution in [0, 0.1) is 11.5 Å². The van der Waals surface area contributed by atoms with Crippen LogP contribution in [0.4, 0.5) is 0 Å². The van der Waals surface area contributed by atoms with Crippen LogP contribution < -0.4 is 5.32 Å². The Balaban J connectivity index is 2.91. The molecule has 0 aliphatic carbocycles. The Labute approximate surface area is 110 Å². The summed E-state index contributed by atoms with van der Waals surface area (Å²) in [5.41, 5.74) is 4.89. The summed E-state index contributed by atoms with van der Waals surface area (Å²) in [6.45, 7) is 10.0. The van der Waals surface area contributed by atoms with Crippen molar-refractivity contribution < 1.29 is 4.79 Å². The number of pyridine rings is 1. The highest BCUT2D eigenvalue weighted by Crippen LogP contribution is 2.09. The monoisotopic (exact) mass is 260 g/mol. The third-order valence-corrected chi connectivity index (χ3v) is 3.07. The SMILES string of the molecule is CC(=O)N[C@@H](C)c1cccc(C#C[Si](C)(C)C)n1. The van der Waals surface area contributed by atoms with Crippen molar-refractivity contribution in [3.8, 4) is 11.5 Å². The summed E-state index contributed by atoms with van der Waals surface area (Å²) >= 11 is 0. The minimum absolute atomic E-state index is 0.0529. The lowest BCUT2D eigenvalue weighted by Crippen LogP contribution is -2.24. The number of carbonyl (C=O) groups is 1. The van der Waals surface area contributed by atoms with Gasteiger partial charge in [0.25, 0.3) is 0 Å². The average molecular weight is 260 g/mol. The van der Waals surface area contributed by atoms with E-state index in [0.29, 0.717) is 0 Å². The van der Waals surface area contributed by atoms with E-state index in [4.69, 9.17) is 0 Å². The number of aromatic nitrogens is 1. The van der Waals surface area contributed by atoms with Crippen LogP contribution in [-0.4, -0.2) is 19.0 Å². The molecule has 1 amide bonds. The Hall–Kier alpha value is -1.60. The van der Waals surface area contributed by atoms with Gasteiger partial charge >= 0.3 is 0 Å². The first kappa shape index (κ1) is 14.5. The van der Waals surface area contributed by atoms with Crippen molar-refractivity contribution in [1.82, 2.24) is 10.3 Å². The Morgan fingerprint density at radius 3 is 2.61 bits per heavy atom. The number of hydrogen-bond donors (Lipinski definition) is 1. The minimum Gasteiger partial charge on any atom is -0.348 e. The molecule has 18 heavy (non-hydrogen) atoms. The molecular formula is C14H20N2OSi. The molecule has 1 N–H and O–H groups in total. The second-order valence-electron chi connectivity index (χ2n) is 5.37. The van der Waals surface area contributed by atoms with Gasteiger partial charge in [-0.15, -0.1) is 5.54 Å². The van der Waals surface area contributed by atoms with Crippen LogP contribution in [0.25, 0.3) is 0 Å². The fraction of sp³-hybridized carbons (Fsp3) is 0.429. The van der Waals surface area contributed by atoms with Gasteiger partial charge in [-0.3, -0.25) is 4.79 Å². The predicted molar refractivity (Wildman–Crippen MR) is 76.7 cm³/mol. The van der Waals surface area contributed by atoms with Crippen molar-refractivity contribution >= 4 is 14.0 Å². The lowest BCUT2D eigenvalue weighted by molar-refractivity contribution is -0.119. The van der Waals surface area contributed by atoms with Crippen molar-refractivity contribution in [3.05, 3.63) is 29.6 Å². The molecule has 3 nitrogen and oxygen atoms in total.